The van der Waals surface area contributed by atoms with Crippen LogP contribution in [-0.4, -0.2) is 47.5 Å². The van der Waals surface area contributed by atoms with Gasteiger partial charge in [0.2, 0.25) is 11.8 Å². The summed E-state index contributed by atoms with van der Waals surface area (Å²) in [6, 6.07) is 6.38. The van der Waals surface area contributed by atoms with E-state index in [1.807, 2.05) is 0 Å². The zero-order valence-electron chi connectivity index (χ0n) is 15.6. The number of benzene rings is 1. The Bertz CT molecular complexity index is 810. The summed E-state index contributed by atoms with van der Waals surface area (Å²) in [6.07, 6.45) is 3.15. The molecule has 28 heavy (non-hydrogen) atoms. The first-order valence-electron chi connectivity index (χ1n) is 9.28. The monoisotopic (exact) mass is 386 g/mol. The van der Waals surface area contributed by atoms with Crippen LogP contribution in [0.4, 0.5) is 5.69 Å². The Hall–Kier alpha value is -3.03. The van der Waals surface area contributed by atoms with Crippen molar-refractivity contribution >= 4 is 35.2 Å². The predicted octanol–water partition coefficient (Wildman–Crippen LogP) is 1.55. The topological polar surface area (TPSA) is 110 Å². The first-order chi connectivity index (χ1) is 13.4. The smallest absolute Gasteiger partial charge is 0.326 e. The average molecular weight is 386 g/mol. The van der Waals surface area contributed by atoms with Gasteiger partial charge >= 0.3 is 5.97 Å². The average Bonchev–Trinajstić information content (AvgIpc) is 2.92. The summed E-state index contributed by atoms with van der Waals surface area (Å²) in [5, 5.41) is 2.53. The molecule has 1 aliphatic heterocycles. The summed E-state index contributed by atoms with van der Waals surface area (Å²) < 4.78 is 4.90. The number of imide groups is 1. The van der Waals surface area contributed by atoms with E-state index in [9.17, 15) is 24.0 Å². The second-order valence-corrected chi connectivity index (χ2v) is 7.11. The van der Waals surface area contributed by atoms with Crippen LogP contribution in [0.2, 0.25) is 0 Å². The normalized spacial score (nSPS) is 21.2. The number of hydrogen-bond acceptors (Lipinski definition) is 6. The first kappa shape index (κ1) is 19.7. The molecule has 1 aromatic carbocycles. The third kappa shape index (κ3) is 4.27. The van der Waals surface area contributed by atoms with Gasteiger partial charge in [0.25, 0.3) is 5.91 Å². The van der Waals surface area contributed by atoms with Crippen molar-refractivity contribution in [2.45, 2.75) is 32.6 Å². The lowest BCUT2D eigenvalue weighted by molar-refractivity contribution is -0.154. The molecule has 1 N–H and O–H groups in total. The Kier molecular flexibility index (Phi) is 5.87. The van der Waals surface area contributed by atoms with Crippen molar-refractivity contribution < 1.29 is 28.7 Å². The van der Waals surface area contributed by atoms with E-state index in [-0.39, 0.29) is 29.4 Å². The summed E-state index contributed by atoms with van der Waals surface area (Å²) in [5.41, 5.74) is 0.852. The highest BCUT2D eigenvalue weighted by Gasteiger charge is 2.48. The Morgan fingerprint density at radius 1 is 1.11 bits per heavy atom. The Labute approximate surface area is 162 Å². The van der Waals surface area contributed by atoms with E-state index >= 15 is 0 Å². The van der Waals surface area contributed by atoms with Crippen LogP contribution in [0.25, 0.3) is 0 Å². The maximum Gasteiger partial charge on any atom is 0.326 e. The molecule has 0 radical (unpaired) electrons. The quantitative estimate of drug-likeness (QED) is 0.451. The molecular formula is C20H22N2O6. The number of nitrogens with zero attached hydrogens (tertiary/aromatic N) is 1. The van der Waals surface area contributed by atoms with Gasteiger partial charge < -0.3 is 10.1 Å². The number of nitrogens with one attached hydrogen (secondary N) is 1. The molecular weight excluding hydrogens is 364 g/mol. The van der Waals surface area contributed by atoms with Gasteiger partial charge in [-0.1, -0.05) is 25.0 Å². The van der Waals surface area contributed by atoms with Gasteiger partial charge in [-0.15, -0.1) is 0 Å². The van der Waals surface area contributed by atoms with E-state index in [2.05, 4.69) is 5.32 Å². The lowest BCUT2D eigenvalue weighted by Gasteiger charge is -2.19. The van der Waals surface area contributed by atoms with Crippen molar-refractivity contribution in [3.63, 3.8) is 0 Å². The molecule has 0 unspecified atom stereocenters. The van der Waals surface area contributed by atoms with Gasteiger partial charge in [-0.25, -0.2) is 0 Å². The fraction of sp³-hybridized carbons (Fsp3) is 0.450. The molecule has 8 heteroatoms. The molecule has 2 fully saturated rings. The van der Waals surface area contributed by atoms with E-state index in [1.165, 1.54) is 13.0 Å². The maximum absolute atomic E-state index is 12.3. The number of ketones is 1. The molecule has 0 bridgehead atoms. The van der Waals surface area contributed by atoms with Gasteiger partial charge in [0, 0.05) is 11.3 Å². The number of carbonyl (C=O) groups is 5. The highest BCUT2D eigenvalue weighted by Crippen LogP contribution is 2.37. The number of anilines is 1. The van der Waals surface area contributed by atoms with Gasteiger partial charge in [-0.2, -0.15) is 0 Å². The predicted molar refractivity (Wildman–Crippen MR) is 98.2 cm³/mol. The van der Waals surface area contributed by atoms with Crippen molar-refractivity contribution in [3.05, 3.63) is 29.8 Å². The second-order valence-electron chi connectivity index (χ2n) is 7.11. The van der Waals surface area contributed by atoms with Crippen molar-refractivity contribution in [1.82, 2.24) is 4.90 Å². The largest absolute Gasteiger partial charge is 0.454 e. The van der Waals surface area contributed by atoms with E-state index < -0.39 is 25.0 Å². The summed E-state index contributed by atoms with van der Waals surface area (Å²) >= 11 is 0. The lowest BCUT2D eigenvalue weighted by Crippen LogP contribution is -2.37. The highest BCUT2D eigenvalue weighted by atomic mass is 16.5. The fourth-order valence-electron chi connectivity index (χ4n) is 3.72. The third-order valence-electron chi connectivity index (χ3n) is 5.14. The second kappa shape index (κ2) is 8.33. The van der Waals surface area contributed by atoms with Crippen molar-refractivity contribution in [2.75, 3.05) is 18.5 Å². The number of amides is 3. The van der Waals surface area contributed by atoms with Crippen LogP contribution in [0.5, 0.6) is 0 Å². The first-order valence-corrected chi connectivity index (χ1v) is 9.28. The third-order valence-corrected chi connectivity index (χ3v) is 5.14. The molecule has 2 aliphatic rings. The van der Waals surface area contributed by atoms with Gasteiger partial charge in [-0.3, -0.25) is 28.9 Å². The minimum absolute atomic E-state index is 0.136. The van der Waals surface area contributed by atoms with Crippen LogP contribution >= 0.6 is 0 Å². The number of likely N-dealkylation sites (tertiary alicyclic amines) is 1. The number of Topliss-reactive ketones (excluding diaryl/α,β-unsaturated/α-hetero) is 1. The van der Waals surface area contributed by atoms with Gasteiger partial charge in [0.15, 0.2) is 12.4 Å². The van der Waals surface area contributed by atoms with E-state index in [0.717, 1.165) is 17.7 Å². The van der Waals surface area contributed by atoms with Crippen LogP contribution in [0, 0.1) is 11.8 Å². The van der Waals surface area contributed by atoms with Gasteiger partial charge in [0.05, 0.1) is 11.8 Å². The zero-order valence-corrected chi connectivity index (χ0v) is 15.6. The van der Waals surface area contributed by atoms with Crippen LogP contribution in [0.1, 0.15) is 43.0 Å². The van der Waals surface area contributed by atoms with Gasteiger partial charge in [-0.05, 0) is 31.9 Å². The van der Waals surface area contributed by atoms with Gasteiger partial charge in [0.1, 0.15) is 6.54 Å². The number of hydrogen-bond donors (Lipinski definition) is 1. The molecule has 3 amide bonds. The van der Waals surface area contributed by atoms with Crippen LogP contribution in [0.15, 0.2) is 24.3 Å². The Morgan fingerprint density at radius 3 is 2.36 bits per heavy atom. The Balaban J connectivity index is 1.49. The highest BCUT2D eigenvalue weighted by molar-refractivity contribution is 6.07. The number of ether oxygens (including phenoxy) is 1. The number of rotatable bonds is 6. The summed E-state index contributed by atoms with van der Waals surface area (Å²) in [7, 11) is 0. The molecule has 1 heterocycles. The summed E-state index contributed by atoms with van der Waals surface area (Å²) in [5.74, 6) is -2.83. The fourth-order valence-corrected chi connectivity index (χ4v) is 3.72. The Morgan fingerprint density at radius 2 is 1.75 bits per heavy atom. The van der Waals surface area contributed by atoms with E-state index in [0.29, 0.717) is 24.1 Å². The summed E-state index contributed by atoms with van der Waals surface area (Å²) in [6.45, 7) is 0.393. The van der Waals surface area contributed by atoms with Crippen LogP contribution in [0.3, 0.4) is 0 Å². The molecule has 3 rings (SSSR count). The molecule has 1 aliphatic carbocycles. The molecule has 1 saturated carbocycles. The number of esters is 1. The number of carbonyl (C=O) groups excluding carboxylic acids is 5. The zero-order chi connectivity index (χ0) is 20.3. The minimum Gasteiger partial charge on any atom is -0.454 e. The maximum atomic E-state index is 12.3. The SMILES string of the molecule is CC(=O)c1cccc(NC(=O)COC(=O)CN2C(=O)[C@@H]3CCCC[C@H]3C2=O)c1. The molecule has 2 atom stereocenters. The standard InChI is InChI=1S/C20H22N2O6/c1-12(23)13-5-4-6-14(9-13)21-17(24)11-28-18(25)10-22-19(26)15-7-2-3-8-16(15)20(22)27/h4-6,9,15-16H,2-3,7-8,10-11H2,1H3,(H,21,24)/t15-,16-/m1/s1. The molecule has 1 aromatic rings. The van der Waals surface area contributed by atoms with Crippen molar-refractivity contribution in [1.29, 1.82) is 0 Å². The van der Waals surface area contributed by atoms with Crippen LogP contribution < -0.4 is 5.32 Å². The molecule has 1 saturated heterocycles. The molecule has 0 aromatic heterocycles. The number of fused-ring (bicyclic) bond motifs is 1. The summed E-state index contributed by atoms with van der Waals surface area (Å²) in [4.78, 5) is 61.0. The van der Waals surface area contributed by atoms with E-state index in [4.69, 9.17) is 4.74 Å². The van der Waals surface area contributed by atoms with Crippen molar-refractivity contribution in [2.24, 2.45) is 11.8 Å². The molecule has 8 nitrogen and oxygen atoms in total. The van der Waals surface area contributed by atoms with E-state index in [1.54, 1.807) is 18.2 Å². The van der Waals surface area contributed by atoms with Crippen molar-refractivity contribution in [3.8, 4) is 0 Å². The lowest BCUT2D eigenvalue weighted by atomic mass is 9.81. The minimum atomic E-state index is -0.812. The molecule has 0 spiro atoms. The van der Waals surface area contributed by atoms with Crippen LogP contribution in [-0.2, 0) is 23.9 Å². The molecule has 148 valence electrons.